The summed E-state index contributed by atoms with van der Waals surface area (Å²) in [5, 5.41) is 5.00. The molecule has 0 unspecified atom stereocenters. The van der Waals surface area contributed by atoms with Crippen molar-refractivity contribution in [2.24, 2.45) is 5.73 Å². The second-order valence-electron chi connectivity index (χ2n) is 7.92. The largest absolute Gasteiger partial charge is 0.460 e. The van der Waals surface area contributed by atoms with Crippen LogP contribution in [0.3, 0.4) is 0 Å². The van der Waals surface area contributed by atoms with E-state index in [0.29, 0.717) is 29.1 Å². The number of rotatable bonds is 5. The molecule has 6 nitrogen and oxygen atoms in total. The number of furan rings is 1. The number of carbonyl (C=O) groups excluding carboxylic acids is 1. The number of carbonyl (C=O) groups is 1. The first-order valence-corrected chi connectivity index (χ1v) is 10.7. The van der Waals surface area contributed by atoms with Crippen molar-refractivity contribution in [2.75, 3.05) is 5.32 Å². The summed E-state index contributed by atoms with van der Waals surface area (Å²) in [6.07, 6.45) is 6.91. The summed E-state index contributed by atoms with van der Waals surface area (Å²) in [4.78, 5) is 21.6. The number of amides is 1. The predicted molar refractivity (Wildman–Crippen MR) is 121 cm³/mol. The Morgan fingerprint density at radius 2 is 1.81 bits per heavy atom. The Morgan fingerprint density at radius 1 is 0.968 bits per heavy atom. The number of primary amides is 1. The number of hydrogen-bond donors (Lipinski definition) is 2. The van der Waals surface area contributed by atoms with Crippen LogP contribution in [0, 0.1) is 0 Å². The average molecular weight is 412 g/mol. The molecule has 0 saturated carbocycles. The van der Waals surface area contributed by atoms with Crippen molar-refractivity contribution in [3.05, 3.63) is 77.2 Å². The summed E-state index contributed by atoms with van der Waals surface area (Å²) in [6.45, 7) is 0.689. The Labute approximate surface area is 180 Å². The maximum atomic E-state index is 11.8. The zero-order valence-corrected chi connectivity index (χ0v) is 17.2. The summed E-state index contributed by atoms with van der Waals surface area (Å²) >= 11 is 0. The maximum Gasteiger partial charge on any atom is 0.249 e. The lowest BCUT2D eigenvalue weighted by Crippen LogP contribution is -2.11. The van der Waals surface area contributed by atoms with Crippen molar-refractivity contribution in [2.45, 2.75) is 38.6 Å². The third-order valence-corrected chi connectivity index (χ3v) is 5.85. The van der Waals surface area contributed by atoms with Crippen molar-refractivity contribution in [1.29, 1.82) is 0 Å². The van der Waals surface area contributed by atoms with E-state index in [4.69, 9.17) is 20.1 Å². The first-order valence-electron chi connectivity index (χ1n) is 10.7. The van der Waals surface area contributed by atoms with E-state index in [1.165, 1.54) is 17.5 Å². The molecule has 1 amide bonds. The van der Waals surface area contributed by atoms with E-state index < -0.39 is 5.91 Å². The van der Waals surface area contributed by atoms with Crippen LogP contribution in [0.4, 0.5) is 5.82 Å². The number of fused-ring (bicyclic) bond motifs is 2. The monoisotopic (exact) mass is 412 g/mol. The van der Waals surface area contributed by atoms with Gasteiger partial charge in [0.1, 0.15) is 12.1 Å². The summed E-state index contributed by atoms with van der Waals surface area (Å²) in [5.74, 6) is 1.48. The van der Waals surface area contributed by atoms with Crippen LogP contribution < -0.4 is 11.1 Å². The molecule has 0 radical (unpaired) electrons. The van der Waals surface area contributed by atoms with Crippen molar-refractivity contribution < 1.29 is 9.21 Å². The lowest BCUT2D eigenvalue weighted by Gasteiger charge is -2.14. The van der Waals surface area contributed by atoms with Gasteiger partial charge in [0.05, 0.1) is 5.56 Å². The molecule has 0 spiro atoms. The minimum absolute atomic E-state index is 0.435. The second kappa shape index (κ2) is 8.22. The summed E-state index contributed by atoms with van der Waals surface area (Å²) in [6, 6.07) is 15.7. The van der Waals surface area contributed by atoms with E-state index in [-0.39, 0.29) is 0 Å². The average Bonchev–Trinajstić information content (AvgIpc) is 3.08. The van der Waals surface area contributed by atoms with Crippen LogP contribution in [0.1, 0.15) is 46.4 Å². The van der Waals surface area contributed by atoms with Gasteiger partial charge in [-0.2, -0.15) is 0 Å². The molecule has 5 rings (SSSR count). The van der Waals surface area contributed by atoms with Crippen LogP contribution in [0.25, 0.3) is 22.4 Å². The molecule has 3 N–H and O–H groups in total. The summed E-state index contributed by atoms with van der Waals surface area (Å²) < 4.78 is 5.87. The van der Waals surface area contributed by atoms with E-state index in [0.717, 1.165) is 42.6 Å². The molecule has 0 atom stereocenters. The van der Waals surface area contributed by atoms with Gasteiger partial charge in [0.2, 0.25) is 5.91 Å². The van der Waals surface area contributed by atoms with Crippen LogP contribution in [0.5, 0.6) is 0 Å². The Balaban J connectivity index is 1.59. The molecule has 31 heavy (non-hydrogen) atoms. The van der Waals surface area contributed by atoms with Gasteiger partial charge in [-0.25, -0.2) is 9.97 Å². The van der Waals surface area contributed by atoms with Crippen molar-refractivity contribution >= 4 is 22.5 Å². The van der Waals surface area contributed by atoms with Gasteiger partial charge in [0.15, 0.2) is 11.6 Å². The zero-order valence-electron chi connectivity index (χ0n) is 17.2. The van der Waals surface area contributed by atoms with Gasteiger partial charge in [-0.15, -0.1) is 0 Å². The van der Waals surface area contributed by atoms with Crippen LogP contribution >= 0.6 is 0 Å². The molecule has 4 aromatic rings. The smallest absolute Gasteiger partial charge is 0.249 e. The van der Waals surface area contributed by atoms with Crippen LogP contribution in [0.2, 0.25) is 0 Å². The molecule has 2 aromatic heterocycles. The standard InChI is InChI=1S/C25H24N4O2/c26-23(30)18-12-7-11-17-20(18)15-31-22(17)25-28-21-13-6-2-5-10-19(21)24(29-25)27-14-16-8-3-1-4-9-16/h1,3-4,7-9,11-12,15H,2,5-6,10,13-14H2,(H2,26,30)(H,27,28,29). The fourth-order valence-corrected chi connectivity index (χ4v) is 4.26. The van der Waals surface area contributed by atoms with E-state index in [1.807, 2.05) is 24.3 Å². The van der Waals surface area contributed by atoms with Crippen LogP contribution in [-0.2, 0) is 19.4 Å². The fourth-order valence-electron chi connectivity index (χ4n) is 4.26. The lowest BCUT2D eigenvalue weighted by atomic mass is 10.1. The Bertz CT molecular complexity index is 1250. The van der Waals surface area contributed by atoms with Crippen LogP contribution in [-0.4, -0.2) is 15.9 Å². The first-order chi connectivity index (χ1) is 15.2. The molecule has 2 heterocycles. The van der Waals surface area contributed by atoms with Crippen molar-refractivity contribution in [1.82, 2.24) is 9.97 Å². The van der Waals surface area contributed by atoms with Gasteiger partial charge in [0, 0.05) is 28.6 Å². The van der Waals surface area contributed by atoms with E-state index in [9.17, 15) is 4.79 Å². The van der Waals surface area contributed by atoms with E-state index in [1.54, 1.807) is 18.4 Å². The predicted octanol–water partition coefficient (Wildman–Crippen LogP) is 4.87. The van der Waals surface area contributed by atoms with Crippen molar-refractivity contribution in [3.63, 3.8) is 0 Å². The number of nitrogens with two attached hydrogens (primary N) is 1. The number of anilines is 1. The molecule has 156 valence electrons. The molecular weight excluding hydrogens is 388 g/mol. The molecule has 0 fully saturated rings. The third kappa shape index (κ3) is 3.77. The van der Waals surface area contributed by atoms with E-state index in [2.05, 4.69) is 17.4 Å². The lowest BCUT2D eigenvalue weighted by molar-refractivity contribution is 0.100. The zero-order chi connectivity index (χ0) is 21.2. The molecule has 6 heteroatoms. The highest BCUT2D eigenvalue weighted by Gasteiger charge is 2.21. The Morgan fingerprint density at radius 3 is 2.65 bits per heavy atom. The quantitative estimate of drug-likeness (QED) is 0.456. The van der Waals surface area contributed by atoms with Gasteiger partial charge in [-0.3, -0.25) is 4.79 Å². The minimum atomic E-state index is -0.481. The molecule has 0 aliphatic heterocycles. The molecule has 1 aliphatic rings. The Kier molecular flexibility index (Phi) is 5.12. The highest BCUT2D eigenvalue weighted by atomic mass is 16.3. The highest BCUT2D eigenvalue weighted by molar-refractivity contribution is 6.08. The molecule has 0 saturated heterocycles. The number of aryl methyl sites for hydroxylation is 1. The van der Waals surface area contributed by atoms with Gasteiger partial charge >= 0.3 is 0 Å². The maximum absolute atomic E-state index is 11.8. The van der Waals surface area contributed by atoms with Gasteiger partial charge < -0.3 is 15.5 Å². The summed E-state index contributed by atoms with van der Waals surface area (Å²) in [5.41, 5.74) is 9.44. The van der Waals surface area contributed by atoms with Crippen molar-refractivity contribution in [3.8, 4) is 11.6 Å². The SMILES string of the molecule is NC(=O)c1cccc2c(-c3nc4c(c(NCc5ccccc5)n3)CCCCC4)occ12. The molecule has 1 aliphatic carbocycles. The van der Waals surface area contributed by atoms with Gasteiger partial charge in [0.25, 0.3) is 0 Å². The Hall–Kier alpha value is -3.67. The molecular formula is C25H24N4O2. The third-order valence-electron chi connectivity index (χ3n) is 5.85. The number of nitrogens with one attached hydrogen (secondary N) is 1. The minimum Gasteiger partial charge on any atom is -0.460 e. The molecule has 2 aromatic carbocycles. The number of nitrogens with zero attached hydrogens (tertiary/aromatic N) is 2. The number of benzene rings is 2. The van der Waals surface area contributed by atoms with Gasteiger partial charge in [-0.1, -0.05) is 48.9 Å². The van der Waals surface area contributed by atoms with Crippen LogP contribution in [0.15, 0.2) is 59.2 Å². The first kappa shape index (κ1) is 19.3. The fraction of sp³-hybridized carbons (Fsp3) is 0.240. The second-order valence-corrected chi connectivity index (χ2v) is 7.92. The van der Waals surface area contributed by atoms with E-state index >= 15 is 0 Å². The topological polar surface area (TPSA) is 94.0 Å². The number of aromatic nitrogens is 2. The van der Waals surface area contributed by atoms with Gasteiger partial charge in [-0.05, 0) is 37.3 Å². The molecule has 0 bridgehead atoms. The normalized spacial score (nSPS) is 13.5. The summed E-state index contributed by atoms with van der Waals surface area (Å²) in [7, 11) is 0. The highest BCUT2D eigenvalue weighted by Crippen LogP contribution is 2.33. The number of hydrogen-bond acceptors (Lipinski definition) is 5.